The fourth-order valence-electron chi connectivity index (χ4n) is 3.09. The van der Waals surface area contributed by atoms with Crippen molar-refractivity contribution >= 4 is 23.1 Å². The lowest BCUT2D eigenvalue weighted by Crippen LogP contribution is -2.59. The van der Waals surface area contributed by atoms with E-state index in [9.17, 15) is 18.0 Å². The zero-order valence-corrected chi connectivity index (χ0v) is 14.7. The van der Waals surface area contributed by atoms with Crippen LogP contribution in [0.1, 0.15) is 0 Å². The first kappa shape index (κ1) is 17.9. The van der Waals surface area contributed by atoms with E-state index < -0.39 is 11.6 Å². The molecule has 1 saturated heterocycles. The molecule has 4 rings (SSSR count). The van der Waals surface area contributed by atoms with Crippen molar-refractivity contribution in [1.29, 1.82) is 0 Å². The van der Waals surface area contributed by atoms with E-state index in [0.717, 1.165) is 0 Å². The average Bonchev–Trinajstić information content (AvgIpc) is 2.70. The fraction of sp³-hybridized carbons (Fsp3) is 0.0952. The number of amides is 2. The molecule has 0 N–H and O–H groups in total. The number of hydrogen-bond acceptors (Lipinski definition) is 2. The Morgan fingerprint density at radius 3 is 1.21 bits per heavy atom. The molecule has 0 spiro atoms. The van der Waals surface area contributed by atoms with E-state index in [0.29, 0.717) is 17.1 Å². The van der Waals surface area contributed by atoms with Gasteiger partial charge in [0, 0.05) is 17.1 Å². The van der Waals surface area contributed by atoms with Crippen LogP contribution >= 0.6 is 0 Å². The summed E-state index contributed by atoms with van der Waals surface area (Å²) in [4.78, 5) is 17.9. The number of urea groups is 1. The number of anilines is 3. The molecule has 0 aromatic heterocycles. The molecular formula is C21H16F3N3O. The lowest BCUT2D eigenvalue weighted by molar-refractivity contribution is 0.248. The molecule has 0 radical (unpaired) electrons. The van der Waals surface area contributed by atoms with Gasteiger partial charge < -0.3 is 4.90 Å². The molecule has 3 aromatic rings. The summed E-state index contributed by atoms with van der Waals surface area (Å²) in [5, 5.41) is 0. The minimum atomic E-state index is -0.404. The van der Waals surface area contributed by atoms with Crippen molar-refractivity contribution in [2.45, 2.75) is 0 Å². The minimum absolute atomic E-state index is 0.202. The number of nitrogens with zero attached hydrogens (tertiary/aromatic N) is 3. The molecule has 4 nitrogen and oxygen atoms in total. The van der Waals surface area contributed by atoms with E-state index in [1.165, 1.54) is 70.5 Å². The second kappa shape index (κ2) is 7.26. The maximum atomic E-state index is 13.3. The molecule has 0 bridgehead atoms. The maximum absolute atomic E-state index is 13.3. The molecule has 7 heteroatoms. The second-order valence-corrected chi connectivity index (χ2v) is 6.39. The Balaban J connectivity index is 1.72. The summed E-state index contributed by atoms with van der Waals surface area (Å²) in [5.41, 5.74) is 1.75. The highest BCUT2D eigenvalue weighted by Crippen LogP contribution is 2.28. The zero-order chi connectivity index (χ0) is 19.7. The van der Waals surface area contributed by atoms with Crippen molar-refractivity contribution in [3.05, 3.63) is 90.2 Å². The van der Waals surface area contributed by atoms with Gasteiger partial charge in [-0.1, -0.05) is 0 Å². The third kappa shape index (κ3) is 3.51. The largest absolute Gasteiger partial charge is 0.335 e. The van der Waals surface area contributed by atoms with Crippen LogP contribution in [0.25, 0.3) is 0 Å². The fourth-order valence-corrected chi connectivity index (χ4v) is 3.09. The summed E-state index contributed by atoms with van der Waals surface area (Å²) in [7, 11) is 0. The van der Waals surface area contributed by atoms with Gasteiger partial charge in [-0.25, -0.2) is 18.0 Å². The molecule has 1 heterocycles. The summed E-state index contributed by atoms with van der Waals surface area (Å²) in [6, 6.07) is 16.8. The number of carbonyl (C=O) groups is 1. The maximum Gasteiger partial charge on any atom is 0.331 e. The van der Waals surface area contributed by atoms with Gasteiger partial charge in [0.25, 0.3) is 0 Å². The lowest BCUT2D eigenvalue weighted by atomic mass is 10.2. The molecule has 0 saturated carbocycles. The monoisotopic (exact) mass is 383 g/mol. The predicted octanol–water partition coefficient (Wildman–Crippen LogP) is 4.97. The normalized spacial score (nSPS) is 14.5. The Hall–Kier alpha value is -3.48. The molecule has 28 heavy (non-hydrogen) atoms. The van der Waals surface area contributed by atoms with Gasteiger partial charge in [-0.3, -0.25) is 9.80 Å². The second-order valence-electron chi connectivity index (χ2n) is 6.39. The standard InChI is InChI=1S/C21H16F3N3O/c22-15-1-7-18(8-2-15)25-13-26(19-9-3-16(23)4-10-19)21(28)27(14-25)20-11-5-17(24)6-12-20/h1-12H,13-14H2. The van der Waals surface area contributed by atoms with Crippen LogP contribution in [0.5, 0.6) is 0 Å². The first-order chi connectivity index (χ1) is 13.5. The number of rotatable bonds is 3. The Bertz CT molecular complexity index is 918. The molecule has 2 amide bonds. The highest BCUT2D eigenvalue weighted by atomic mass is 19.1. The van der Waals surface area contributed by atoms with E-state index in [4.69, 9.17) is 0 Å². The molecule has 1 aliphatic rings. The van der Waals surface area contributed by atoms with Crippen molar-refractivity contribution in [2.75, 3.05) is 28.0 Å². The van der Waals surface area contributed by atoms with E-state index in [2.05, 4.69) is 0 Å². The van der Waals surface area contributed by atoms with Crippen LogP contribution in [0.4, 0.5) is 35.0 Å². The van der Waals surface area contributed by atoms with Crippen molar-refractivity contribution in [2.24, 2.45) is 0 Å². The van der Waals surface area contributed by atoms with Gasteiger partial charge >= 0.3 is 6.03 Å². The predicted molar refractivity (Wildman–Crippen MR) is 102 cm³/mol. The van der Waals surface area contributed by atoms with Crippen LogP contribution in [0, 0.1) is 17.5 Å². The van der Waals surface area contributed by atoms with E-state index >= 15 is 0 Å². The van der Waals surface area contributed by atoms with Crippen LogP contribution in [0.2, 0.25) is 0 Å². The topological polar surface area (TPSA) is 26.8 Å². The van der Waals surface area contributed by atoms with Crippen molar-refractivity contribution in [3.63, 3.8) is 0 Å². The lowest BCUT2D eigenvalue weighted by Gasteiger charge is -2.43. The Kier molecular flexibility index (Phi) is 4.65. The van der Waals surface area contributed by atoms with E-state index in [-0.39, 0.29) is 25.2 Å². The van der Waals surface area contributed by atoms with Crippen LogP contribution in [0.3, 0.4) is 0 Å². The van der Waals surface area contributed by atoms with Gasteiger partial charge in [0.1, 0.15) is 30.8 Å². The third-order valence-electron chi connectivity index (χ3n) is 4.55. The van der Waals surface area contributed by atoms with Gasteiger partial charge in [-0.2, -0.15) is 0 Å². The van der Waals surface area contributed by atoms with Gasteiger partial charge in [0.05, 0.1) is 0 Å². The third-order valence-corrected chi connectivity index (χ3v) is 4.55. The smallest absolute Gasteiger partial charge is 0.331 e. The van der Waals surface area contributed by atoms with E-state index in [1.807, 2.05) is 4.90 Å². The number of halogens is 3. The van der Waals surface area contributed by atoms with E-state index in [1.54, 1.807) is 12.1 Å². The van der Waals surface area contributed by atoms with Crippen LogP contribution < -0.4 is 14.7 Å². The summed E-state index contributed by atoms with van der Waals surface area (Å²) in [5.74, 6) is -1.17. The molecule has 1 fully saturated rings. The Labute approximate surface area is 160 Å². The molecule has 0 atom stereocenters. The summed E-state index contributed by atoms with van der Waals surface area (Å²) in [6.07, 6.45) is 0. The van der Waals surface area contributed by atoms with Gasteiger partial charge in [0.2, 0.25) is 0 Å². The Morgan fingerprint density at radius 1 is 0.536 bits per heavy atom. The highest BCUT2D eigenvalue weighted by Gasteiger charge is 2.32. The van der Waals surface area contributed by atoms with Crippen LogP contribution in [-0.2, 0) is 0 Å². The quantitative estimate of drug-likeness (QED) is 0.638. The van der Waals surface area contributed by atoms with Gasteiger partial charge in [0.15, 0.2) is 0 Å². The number of carbonyl (C=O) groups excluding carboxylic acids is 1. The molecule has 1 aliphatic heterocycles. The van der Waals surface area contributed by atoms with Crippen molar-refractivity contribution < 1.29 is 18.0 Å². The molecule has 0 unspecified atom stereocenters. The van der Waals surface area contributed by atoms with Crippen LogP contribution in [0.15, 0.2) is 72.8 Å². The molecule has 3 aromatic carbocycles. The first-order valence-corrected chi connectivity index (χ1v) is 8.62. The number of hydrogen-bond donors (Lipinski definition) is 0. The summed E-state index contributed by atoms with van der Waals surface area (Å²) >= 11 is 0. The SMILES string of the molecule is O=C1N(c2ccc(F)cc2)CN(c2ccc(F)cc2)CN1c1ccc(F)cc1. The van der Waals surface area contributed by atoms with Crippen molar-refractivity contribution in [1.82, 2.24) is 0 Å². The number of benzene rings is 3. The summed E-state index contributed by atoms with van der Waals surface area (Å²) in [6.45, 7) is 0.404. The molecule has 0 aliphatic carbocycles. The molecule has 142 valence electrons. The Morgan fingerprint density at radius 2 is 0.857 bits per heavy atom. The van der Waals surface area contributed by atoms with Crippen LogP contribution in [-0.4, -0.2) is 19.4 Å². The van der Waals surface area contributed by atoms with Crippen molar-refractivity contribution in [3.8, 4) is 0 Å². The van der Waals surface area contributed by atoms with Gasteiger partial charge in [-0.15, -0.1) is 0 Å². The zero-order valence-electron chi connectivity index (χ0n) is 14.7. The highest BCUT2D eigenvalue weighted by molar-refractivity contribution is 6.05. The average molecular weight is 383 g/mol. The minimum Gasteiger partial charge on any atom is -0.335 e. The molecular weight excluding hydrogens is 367 g/mol. The van der Waals surface area contributed by atoms with Gasteiger partial charge in [-0.05, 0) is 72.8 Å². The summed E-state index contributed by atoms with van der Waals surface area (Å²) < 4.78 is 39.9. The first-order valence-electron chi connectivity index (χ1n) is 8.62.